The Balaban J connectivity index is 2.05. The molecule has 2 aliphatic rings. The fourth-order valence-electron chi connectivity index (χ4n) is 3.81. The Bertz CT molecular complexity index is 632. The number of benzene rings is 1. The van der Waals surface area contributed by atoms with Crippen LogP contribution >= 0.6 is 0 Å². The highest BCUT2D eigenvalue weighted by Gasteiger charge is 2.79. The van der Waals surface area contributed by atoms with Crippen molar-refractivity contribution in [1.82, 2.24) is 0 Å². The maximum absolute atomic E-state index is 12.9. The third-order valence-electron chi connectivity index (χ3n) is 4.92. The van der Waals surface area contributed by atoms with Crippen molar-refractivity contribution < 1.29 is 19.0 Å². The zero-order chi connectivity index (χ0) is 16.3. The summed E-state index contributed by atoms with van der Waals surface area (Å²) in [5, 5.41) is 0. The summed E-state index contributed by atoms with van der Waals surface area (Å²) in [4.78, 5) is 12.9. The fraction of sp³-hybridized carbons (Fsp3) is 0.611. The van der Waals surface area contributed by atoms with Gasteiger partial charge in [-0.1, -0.05) is 13.0 Å². The predicted octanol–water partition coefficient (Wildman–Crippen LogP) is 3.22. The fourth-order valence-corrected chi connectivity index (χ4v) is 3.81. The summed E-state index contributed by atoms with van der Waals surface area (Å²) in [5.74, 6) is 0.807. The minimum Gasteiger partial charge on any atom is -0.497 e. The van der Waals surface area contributed by atoms with E-state index in [9.17, 15) is 4.79 Å². The van der Waals surface area contributed by atoms with Crippen molar-refractivity contribution >= 4 is 5.78 Å². The summed E-state index contributed by atoms with van der Waals surface area (Å²) in [6.07, 6.45) is 0.621. The number of rotatable bonds is 3. The molecule has 2 heterocycles. The molecule has 1 spiro atoms. The van der Waals surface area contributed by atoms with Crippen LogP contribution < -0.4 is 4.74 Å². The third kappa shape index (κ3) is 1.87. The lowest BCUT2D eigenvalue weighted by Gasteiger charge is -2.24. The van der Waals surface area contributed by atoms with Crippen LogP contribution in [0.25, 0.3) is 0 Å². The molecule has 1 aromatic carbocycles. The number of ketones is 1. The normalized spacial score (nSPS) is 31.5. The number of methoxy groups -OCH3 is 1. The molecule has 0 saturated carbocycles. The molecule has 3 rings (SSSR count). The average Bonchev–Trinajstić information content (AvgIpc) is 3.19. The molecule has 2 fully saturated rings. The molecule has 2 unspecified atom stereocenters. The molecule has 0 amide bonds. The van der Waals surface area contributed by atoms with Gasteiger partial charge in [0, 0.05) is 0 Å². The standard InChI is InChI=1S/C18H24O4/c1-7-11-8-9-12(20-6)10-13(11)14-18(21-14)15(19)16(2,3)22-17(18,4)5/h8-10,14H,7H2,1-6H3. The van der Waals surface area contributed by atoms with E-state index in [0.29, 0.717) is 0 Å². The van der Waals surface area contributed by atoms with Gasteiger partial charge in [-0.15, -0.1) is 0 Å². The van der Waals surface area contributed by atoms with Crippen molar-refractivity contribution in [2.24, 2.45) is 0 Å². The number of hydrogen-bond acceptors (Lipinski definition) is 4. The van der Waals surface area contributed by atoms with E-state index in [-0.39, 0.29) is 11.9 Å². The van der Waals surface area contributed by atoms with Gasteiger partial charge < -0.3 is 14.2 Å². The van der Waals surface area contributed by atoms with Gasteiger partial charge in [0.15, 0.2) is 5.60 Å². The second kappa shape index (κ2) is 4.56. The molecule has 0 aromatic heterocycles. The Morgan fingerprint density at radius 3 is 2.41 bits per heavy atom. The first-order valence-electron chi connectivity index (χ1n) is 7.79. The molecule has 2 saturated heterocycles. The van der Waals surface area contributed by atoms with Crippen LogP contribution in [0.1, 0.15) is 51.8 Å². The zero-order valence-electron chi connectivity index (χ0n) is 14.1. The molecule has 0 aliphatic carbocycles. The molecule has 4 heteroatoms. The molecule has 0 radical (unpaired) electrons. The number of carbonyl (C=O) groups is 1. The molecule has 1 aromatic rings. The van der Waals surface area contributed by atoms with E-state index >= 15 is 0 Å². The van der Waals surface area contributed by atoms with Gasteiger partial charge in [-0.2, -0.15) is 0 Å². The van der Waals surface area contributed by atoms with Gasteiger partial charge in [-0.3, -0.25) is 4.79 Å². The SMILES string of the molecule is CCc1ccc(OC)cc1C1OC12C(=O)C(C)(C)OC2(C)C. The summed E-state index contributed by atoms with van der Waals surface area (Å²) >= 11 is 0. The topological polar surface area (TPSA) is 48.1 Å². The van der Waals surface area contributed by atoms with Crippen molar-refractivity contribution in [2.75, 3.05) is 7.11 Å². The molecule has 0 N–H and O–H groups in total. The van der Waals surface area contributed by atoms with Gasteiger partial charge in [0.05, 0.1) is 7.11 Å². The number of hydrogen-bond donors (Lipinski definition) is 0. The highest BCUT2D eigenvalue weighted by molar-refractivity contribution is 6.00. The minimum absolute atomic E-state index is 0.0277. The van der Waals surface area contributed by atoms with Gasteiger partial charge >= 0.3 is 0 Å². The predicted molar refractivity (Wildman–Crippen MR) is 83.2 cm³/mol. The Hall–Kier alpha value is -1.39. The highest BCUT2D eigenvalue weighted by Crippen LogP contribution is 2.64. The molecule has 2 aliphatic heterocycles. The van der Waals surface area contributed by atoms with Crippen LogP contribution in [0.15, 0.2) is 18.2 Å². The van der Waals surface area contributed by atoms with Crippen LogP contribution in [0, 0.1) is 0 Å². The molecule has 4 nitrogen and oxygen atoms in total. The first-order valence-corrected chi connectivity index (χ1v) is 7.79. The monoisotopic (exact) mass is 304 g/mol. The largest absolute Gasteiger partial charge is 0.497 e. The van der Waals surface area contributed by atoms with Gasteiger partial charge in [-0.25, -0.2) is 0 Å². The van der Waals surface area contributed by atoms with Crippen molar-refractivity contribution in [3.8, 4) is 5.75 Å². The maximum atomic E-state index is 12.9. The summed E-state index contributed by atoms with van der Waals surface area (Å²) in [5.41, 5.74) is -0.136. The average molecular weight is 304 g/mol. The van der Waals surface area contributed by atoms with Crippen molar-refractivity contribution in [3.63, 3.8) is 0 Å². The number of aryl methyl sites for hydroxylation is 1. The van der Waals surface area contributed by atoms with E-state index in [4.69, 9.17) is 14.2 Å². The summed E-state index contributed by atoms with van der Waals surface area (Å²) < 4.78 is 17.4. The smallest absolute Gasteiger partial charge is 0.201 e. The van der Waals surface area contributed by atoms with Gasteiger partial charge in [-0.05, 0) is 57.4 Å². The zero-order valence-corrected chi connectivity index (χ0v) is 14.1. The lowest BCUT2D eigenvalue weighted by molar-refractivity contribution is -0.132. The minimum atomic E-state index is -0.882. The van der Waals surface area contributed by atoms with E-state index in [1.165, 1.54) is 5.56 Å². The molecular formula is C18H24O4. The van der Waals surface area contributed by atoms with E-state index in [1.807, 2.05) is 45.9 Å². The van der Waals surface area contributed by atoms with Crippen LogP contribution in [-0.4, -0.2) is 29.7 Å². The van der Waals surface area contributed by atoms with E-state index in [1.54, 1.807) is 7.11 Å². The van der Waals surface area contributed by atoms with E-state index in [2.05, 4.69) is 6.92 Å². The van der Waals surface area contributed by atoms with Crippen molar-refractivity contribution in [3.05, 3.63) is 29.3 Å². The van der Waals surface area contributed by atoms with E-state index < -0.39 is 16.8 Å². The van der Waals surface area contributed by atoms with Crippen LogP contribution in [-0.2, 0) is 20.7 Å². The highest BCUT2D eigenvalue weighted by atomic mass is 16.7. The quantitative estimate of drug-likeness (QED) is 0.804. The molecule has 22 heavy (non-hydrogen) atoms. The van der Waals surface area contributed by atoms with Crippen molar-refractivity contribution in [2.45, 2.75) is 63.9 Å². The van der Waals surface area contributed by atoms with Crippen LogP contribution in [0.4, 0.5) is 0 Å². The molecule has 0 bridgehead atoms. The summed E-state index contributed by atoms with van der Waals surface area (Å²) in [6, 6.07) is 5.97. The molecule has 120 valence electrons. The first kappa shape index (κ1) is 15.5. The number of epoxide rings is 1. The molecule has 2 atom stereocenters. The van der Waals surface area contributed by atoms with Crippen LogP contribution in [0.5, 0.6) is 5.75 Å². The summed E-state index contributed by atoms with van der Waals surface area (Å²) in [6.45, 7) is 9.60. The third-order valence-corrected chi connectivity index (χ3v) is 4.92. The van der Waals surface area contributed by atoms with Gasteiger partial charge in [0.25, 0.3) is 0 Å². The van der Waals surface area contributed by atoms with E-state index in [0.717, 1.165) is 17.7 Å². The first-order chi connectivity index (χ1) is 10.2. The number of carbonyl (C=O) groups excluding carboxylic acids is 1. The second-order valence-corrected chi connectivity index (χ2v) is 7.10. The Labute approximate surface area is 131 Å². The Morgan fingerprint density at radius 1 is 1.23 bits per heavy atom. The molecular weight excluding hydrogens is 280 g/mol. The van der Waals surface area contributed by atoms with Gasteiger partial charge in [0.2, 0.25) is 5.78 Å². The Morgan fingerprint density at radius 2 is 1.91 bits per heavy atom. The lowest BCUT2D eigenvalue weighted by Crippen LogP contribution is -2.41. The lowest BCUT2D eigenvalue weighted by atomic mass is 9.80. The van der Waals surface area contributed by atoms with Crippen LogP contribution in [0.2, 0.25) is 0 Å². The number of Topliss-reactive ketones (excluding diaryl/α,β-unsaturated/α-hetero) is 1. The second-order valence-electron chi connectivity index (χ2n) is 7.10. The maximum Gasteiger partial charge on any atom is 0.201 e. The van der Waals surface area contributed by atoms with Gasteiger partial charge in [0.1, 0.15) is 23.1 Å². The Kier molecular flexibility index (Phi) is 3.21. The van der Waals surface area contributed by atoms with Crippen LogP contribution in [0.3, 0.4) is 0 Å². The number of ether oxygens (including phenoxy) is 3. The summed E-state index contributed by atoms with van der Waals surface area (Å²) in [7, 11) is 1.64. The van der Waals surface area contributed by atoms with Crippen molar-refractivity contribution in [1.29, 1.82) is 0 Å².